The first-order valence-electron chi connectivity index (χ1n) is 4.99. The molecule has 0 aliphatic carbocycles. The lowest BCUT2D eigenvalue weighted by Gasteiger charge is -2.18. The van der Waals surface area contributed by atoms with Crippen molar-refractivity contribution in [3.63, 3.8) is 0 Å². The van der Waals surface area contributed by atoms with Crippen molar-refractivity contribution in [2.75, 3.05) is 31.3 Å². The number of aromatic nitrogens is 1. The third-order valence-electron chi connectivity index (χ3n) is 2.25. The van der Waals surface area contributed by atoms with E-state index < -0.39 is 11.6 Å². The van der Waals surface area contributed by atoms with E-state index in [0.29, 0.717) is 6.07 Å². The molecule has 5 nitrogen and oxygen atoms in total. The first-order valence-corrected chi connectivity index (χ1v) is 4.99. The number of halogens is 2. The van der Waals surface area contributed by atoms with E-state index in [-0.39, 0.29) is 30.5 Å². The molecule has 0 fully saturated rings. The van der Waals surface area contributed by atoms with Crippen LogP contribution in [-0.2, 0) is 4.79 Å². The van der Waals surface area contributed by atoms with Crippen molar-refractivity contribution in [3.05, 3.63) is 17.7 Å². The van der Waals surface area contributed by atoms with Crippen LogP contribution in [0.3, 0.4) is 0 Å². The van der Waals surface area contributed by atoms with Crippen LogP contribution >= 0.6 is 0 Å². The summed E-state index contributed by atoms with van der Waals surface area (Å²) >= 11 is 0. The summed E-state index contributed by atoms with van der Waals surface area (Å²) in [5.41, 5.74) is 5.25. The first kappa shape index (κ1) is 13.1. The second kappa shape index (κ2) is 5.42. The van der Waals surface area contributed by atoms with Crippen molar-refractivity contribution in [1.82, 2.24) is 10.3 Å². The summed E-state index contributed by atoms with van der Waals surface area (Å²) in [7, 11) is 3.06. The Morgan fingerprint density at radius 3 is 2.76 bits per heavy atom. The standard InChI is InChI=1S/C10H14F2N4O/c1-14-8(17)3-4-16(2)10-7(12)5-6(11)9(13)15-10/h5H,3-4H2,1-2H3,(H2,13,15)(H,14,17). The van der Waals surface area contributed by atoms with Crippen LogP contribution < -0.4 is 16.0 Å². The SMILES string of the molecule is CNC(=O)CCN(C)c1nc(N)c(F)cc1F. The molecule has 1 aromatic heterocycles. The third-order valence-corrected chi connectivity index (χ3v) is 2.25. The number of carbonyl (C=O) groups excluding carboxylic acids is 1. The van der Waals surface area contributed by atoms with Gasteiger partial charge < -0.3 is 16.0 Å². The highest BCUT2D eigenvalue weighted by atomic mass is 19.1. The minimum Gasteiger partial charge on any atom is -0.381 e. The molecule has 0 aliphatic rings. The van der Waals surface area contributed by atoms with E-state index in [1.165, 1.54) is 11.9 Å². The lowest BCUT2D eigenvalue weighted by Crippen LogP contribution is -2.27. The zero-order chi connectivity index (χ0) is 13.0. The molecule has 0 unspecified atom stereocenters. The van der Waals surface area contributed by atoms with Gasteiger partial charge in [0.15, 0.2) is 23.3 Å². The fourth-order valence-electron chi connectivity index (χ4n) is 1.24. The van der Waals surface area contributed by atoms with Crippen molar-refractivity contribution in [1.29, 1.82) is 0 Å². The van der Waals surface area contributed by atoms with E-state index in [1.54, 1.807) is 7.05 Å². The molecule has 0 radical (unpaired) electrons. The summed E-state index contributed by atoms with van der Waals surface area (Å²) in [6.45, 7) is 0.259. The lowest BCUT2D eigenvalue weighted by atomic mass is 10.3. The number of nitrogen functional groups attached to an aromatic ring is 1. The Morgan fingerprint density at radius 1 is 1.53 bits per heavy atom. The number of nitrogens with two attached hydrogens (primary N) is 1. The molecule has 1 aromatic rings. The van der Waals surface area contributed by atoms with Crippen LogP contribution in [0.5, 0.6) is 0 Å². The van der Waals surface area contributed by atoms with Crippen LogP contribution in [0.2, 0.25) is 0 Å². The van der Waals surface area contributed by atoms with Crippen molar-refractivity contribution in [2.24, 2.45) is 0 Å². The van der Waals surface area contributed by atoms with Crippen LogP contribution in [0.4, 0.5) is 20.4 Å². The molecular weight excluding hydrogens is 230 g/mol. The van der Waals surface area contributed by atoms with Crippen LogP contribution in [-0.4, -0.2) is 31.5 Å². The van der Waals surface area contributed by atoms with E-state index in [4.69, 9.17) is 5.73 Å². The van der Waals surface area contributed by atoms with Gasteiger partial charge in [-0.25, -0.2) is 13.8 Å². The van der Waals surface area contributed by atoms with Crippen molar-refractivity contribution >= 4 is 17.5 Å². The molecule has 0 aromatic carbocycles. The maximum Gasteiger partial charge on any atom is 0.221 e. The lowest BCUT2D eigenvalue weighted by molar-refractivity contribution is -0.120. The van der Waals surface area contributed by atoms with Gasteiger partial charge in [0.2, 0.25) is 5.91 Å². The maximum absolute atomic E-state index is 13.4. The van der Waals surface area contributed by atoms with Gasteiger partial charge in [0.1, 0.15) is 0 Å². The molecule has 1 rings (SSSR count). The zero-order valence-corrected chi connectivity index (χ0v) is 9.63. The number of amides is 1. The Hall–Kier alpha value is -1.92. The highest BCUT2D eigenvalue weighted by Crippen LogP contribution is 2.19. The van der Waals surface area contributed by atoms with Crippen LogP contribution in [0.15, 0.2) is 6.07 Å². The Bertz CT molecular complexity index is 425. The second-order valence-corrected chi connectivity index (χ2v) is 3.51. The molecule has 17 heavy (non-hydrogen) atoms. The number of rotatable bonds is 4. The highest BCUT2D eigenvalue weighted by molar-refractivity contribution is 5.76. The summed E-state index contributed by atoms with van der Waals surface area (Å²) in [5.74, 6) is -2.32. The molecule has 1 heterocycles. The Labute approximate surface area is 97.6 Å². The number of anilines is 2. The van der Waals surface area contributed by atoms with Gasteiger partial charge in [-0.2, -0.15) is 0 Å². The van der Waals surface area contributed by atoms with E-state index >= 15 is 0 Å². The monoisotopic (exact) mass is 244 g/mol. The number of pyridine rings is 1. The number of hydrogen-bond acceptors (Lipinski definition) is 4. The predicted octanol–water partition coefficient (Wildman–Crippen LogP) is 0.514. The second-order valence-electron chi connectivity index (χ2n) is 3.51. The van der Waals surface area contributed by atoms with Gasteiger partial charge in [-0.05, 0) is 0 Å². The summed E-state index contributed by atoms with van der Waals surface area (Å²) in [5, 5.41) is 2.44. The zero-order valence-electron chi connectivity index (χ0n) is 9.63. The molecule has 3 N–H and O–H groups in total. The summed E-state index contributed by atoms with van der Waals surface area (Å²) < 4.78 is 26.3. The molecule has 0 saturated carbocycles. The smallest absolute Gasteiger partial charge is 0.221 e. The molecule has 0 atom stereocenters. The molecule has 1 amide bonds. The number of nitrogens with one attached hydrogen (secondary N) is 1. The quantitative estimate of drug-likeness (QED) is 0.809. The van der Waals surface area contributed by atoms with E-state index in [0.717, 1.165) is 0 Å². The Kier molecular flexibility index (Phi) is 4.19. The predicted molar refractivity (Wildman–Crippen MR) is 60.5 cm³/mol. The fraction of sp³-hybridized carbons (Fsp3) is 0.400. The van der Waals surface area contributed by atoms with Gasteiger partial charge in [0.05, 0.1) is 0 Å². The van der Waals surface area contributed by atoms with Gasteiger partial charge in [0, 0.05) is 33.1 Å². The average Bonchev–Trinajstić information content (AvgIpc) is 2.30. The minimum absolute atomic E-state index is 0.0761. The van der Waals surface area contributed by atoms with Gasteiger partial charge >= 0.3 is 0 Å². The summed E-state index contributed by atoms with van der Waals surface area (Å²) in [6.07, 6.45) is 0.186. The molecule has 0 bridgehead atoms. The van der Waals surface area contributed by atoms with Crippen molar-refractivity contribution < 1.29 is 13.6 Å². The normalized spacial score (nSPS) is 10.1. The number of hydrogen-bond donors (Lipinski definition) is 2. The minimum atomic E-state index is -0.897. The molecule has 0 aliphatic heterocycles. The van der Waals surface area contributed by atoms with Crippen molar-refractivity contribution in [3.8, 4) is 0 Å². The van der Waals surface area contributed by atoms with Crippen LogP contribution in [0.25, 0.3) is 0 Å². The average molecular weight is 244 g/mol. The Morgan fingerprint density at radius 2 is 2.18 bits per heavy atom. The number of nitrogens with zero attached hydrogens (tertiary/aromatic N) is 2. The Balaban J connectivity index is 2.78. The van der Waals surface area contributed by atoms with Gasteiger partial charge in [-0.15, -0.1) is 0 Å². The van der Waals surface area contributed by atoms with Gasteiger partial charge in [-0.1, -0.05) is 0 Å². The number of carbonyl (C=O) groups is 1. The fourth-order valence-corrected chi connectivity index (χ4v) is 1.24. The largest absolute Gasteiger partial charge is 0.381 e. The topological polar surface area (TPSA) is 71.2 Å². The third kappa shape index (κ3) is 3.27. The molecular formula is C10H14F2N4O. The first-order chi connectivity index (χ1) is 7.95. The molecule has 0 saturated heterocycles. The van der Waals surface area contributed by atoms with Crippen molar-refractivity contribution in [2.45, 2.75) is 6.42 Å². The van der Waals surface area contributed by atoms with Crippen LogP contribution in [0.1, 0.15) is 6.42 Å². The van der Waals surface area contributed by atoms with E-state index in [9.17, 15) is 13.6 Å². The highest BCUT2D eigenvalue weighted by Gasteiger charge is 2.14. The van der Waals surface area contributed by atoms with Crippen LogP contribution in [0, 0.1) is 11.6 Å². The van der Waals surface area contributed by atoms with Gasteiger partial charge in [-0.3, -0.25) is 4.79 Å². The summed E-state index contributed by atoms with van der Waals surface area (Å²) in [6, 6.07) is 0.675. The molecule has 94 valence electrons. The summed E-state index contributed by atoms with van der Waals surface area (Å²) in [4.78, 5) is 16.0. The maximum atomic E-state index is 13.4. The molecule has 7 heteroatoms. The molecule has 0 spiro atoms. The van der Waals surface area contributed by atoms with E-state index in [2.05, 4.69) is 10.3 Å². The van der Waals surface area contributed by atoms with Gasteiger partial charge in [0.25, 0.3) is 0 Å². The van der Waals surface area contributed by atoms with E-state index in [1.807, 2.05) is 0 Å².